The minimum atomic E-state index is -0.706. The van der Waals surface area contributed by atoms with Crippen molar-refractivity contribution >= 4 is 17.7 Å². The Bertz CT molecular complexity index is 188. The van der Waals surface area contributed by atoms with Crippen molar-refractivity contribution in [3.8, 4) is 0 Å². The molecule has 1 aliphatic rings. The van der Waals surface area contributed by atoms with Crippen molar-refractivity contribution in [2.75, 3.05) is 12.4 Å². The molecule has 0 amide bonds. The molecule has 1 fully saturated rings. The van der Waals surface area contributed by atoms with Crippen LogP contribution in [0.25, 0.3) is 0 Å². The fourth-order valence-electron chi connectivity index (χ4n) is 1.54. The number of ether oxygens (including phenoxy) is 1. The van der Waals surface area contributed by atoms with E-state index in [1.165, 1.54) is 11.8 Å². The molecule has 0 aromatic carbocycles. The van der Waals surface area contributed by atoms with E-state index in [2.05, 4.69) is 0 Å². The van der Waals surface area contributed by atoms with E-state index in [0.29, 0.717) is 0 Å². The van der Waals surface area contributed by atoms with Crippen molar-refractivity contribution in [2.24, 2.45) is 5.92 Å². The van der Waals surface area contributed by atoms with E-state index in [0.717, 1.165) is 25.2 Å². The molecule has 14 heavy (non-hydrogen) atoms. The third-order valence-electron chi connectivity index (χ3n) is 2.33. The number of hydrogen-bond acceptors (Lipinski definition) is 3. The molecule has 1 heterocycles. The second kappa shape index (κ2) is 5.61. The third-order valence-corrected chi connectivity index (χ3v) is 4.00. The highest BCUT2D eigenvalue weighted by atomic mass is 32.2. The van der Waals surface area contributed by atoms with Gasteiger partial charge in [0.1, 0.15) is 5.25 Å². The molecular weight excluding hydrogens is 200 g/mol. The summed E-state index contributed by atoms with van der Waals surface area (Å²) >= 11 is 1.51. The highest BCUT2D eigenvalue weighted by molar-refractivity contribution is 8.00. The predicted molar refractivity (Wildman–Crippen MR) is 57.7 cm³/mol. The van der Waals surface area contributed by atoms with Crippen molar-refractivity contribution in [1.29, 1.82) is 0 Å². The van der Waals surface area contributed by atoms with Gasteiger partial charge in [0.25, 0.3) is 0 Å². The van der Waals surface area contributed by atoms with Crippen molar-refractivity contribution in [2.45, 2.75) is 38.0 Å². The average Bonchev–Trinajstić information content (AvgIpc) is 2.55. The smallest absolute Gasteiger partial charge is 0.316 e. The summed E-state index contributed by atoms with van der Waals surface area (Å²) in [5.41, 5.74) is 0. The monoisotopic (exact) mass is 218 g/mol. The van der Waals surface area contributed by atoms with Crippen LogP contribution in [0.15, 0.2) is 0 Å². The lowest BCUT2D eigenvalue weighted by atomic mass is 10.1. The zero-order chi connectivity index (χ0) is 10.6. The fourth-order valence-corrected chi connectivity index (χ4v) is 2.75. The number of carboxylic acid groups (broad SMARTS) is 1. The van der Waals surface area contributed by atoms with Gasteiger partial charge in [-0.2, -0.15) is 0 Å². The van der Waals surface area contributed by atoms with Gasteiger partial charge in [0.15, 0.2) is 0 Å². The van der Waals surface area contributed by atoms with Crippen LogP contribution in [0.4, 0.5) is 0 Å². The van der Waals surface area contributed by atoms with Gasteiger partial charge in [-0.3, -0.25) is 4.79 Å². The van der Waals surface area contributed by atoms with E-state index in [9.17, 15) is 4.79 Å². The Morgan fingerprint density at radius 2 is 2.36 bits per heavy atom. The van der Waals surface area contributed by atoms with Crippen LogP contribution in [0.3, 0.4) is 0 Å². The molecule has 0 bridgehead atoms. The molecule has 0 radical (unpaired) electrons. The number of carboxylic acids is 1. The molecule has 2 unspecified atom stereocenters. The van der Waals surface area contributed by atoms with E-state index >= 15 is 0 Å². The van der Waals surface area contributed by atoms with E-state index in [1.807, 2.05) is 13.8 Å². The SMILES string of the molecule is CC(C)C(SCC1CCCO1)C(=O)O. The van der Waals surface area contributed by atoms with E-state index in [-0.39, 0.29) is 17.3 Å². The quantitative estimate of drug-likeness (QED) is 0.766. The molecule has 0 aromatic rings. The van der Waals surface area contributed by atoms with Crippen LogP contribution in [0.2, 0.25) is 0 Å². The third kappa shape index (κ3) is 3.50. The minimum absolute atomic E-state index is 0.180. The van der Waals surface area contributed by atoms with Crippen LogP contribution in [0.1, 0.15) is 26.7 Å². The Morgan fingerprint density at radius 3 is 2.79 bits per heavy atom. The summed E-state index contributed by atoms with van der Waals surface area (Å²) in [5.74, 6) is 0.289. The molecule has 1 rings (SSSR count). The fraction of sp³-hybridized carbons (Fsp3) is 0.900. The van der Waals surface area contributed by atoms with Crippen molar-refractivity contribution in [3.63, 3.8) is 0 Å². The maximum atomic E-state index is 10.9. The van der Waals surface area contributed by atoms with Crippen LogP contribution in [-0.4, -0.2) is 34.8 Å². The van der Waals surface area contributed by atoms with Crippen molar-refractivity contribution < 1.29 is 14.6 Å². The van der Waals surface area contributed by atoms with Gasteiger partial charge >= 0.3 is 5.97 Å². The minimum Gasteiger partial charge on any atom is -0.480 e. The van der Waals surface area contributed by atoms with Crippen LogP contribution >= 0.6 is 11.8 Å². The molecule has 0 aromatic heterocycles. The molecule has 4 heteroatoms. The van der Waals surface area contributed by atoms with Crippen LogP contribution in [0, 0.1) is 5.92 Å². The van der Waals surface area contributed by atoms with Crippen LogP contribution < -0.4 is 0 Å². The summed E-state index contributed by atoms with van der Waals surface area (Å²) < 4.78 is 5.45. The van der Waals surface area contributed by atoms with Gasteiger partial charge in [-0.25, -0.2) is 0 Å². The second-order valence-electron chi connectivity index (χ2n) is 3.97. The van der Waals surface area contributed by atoms with Gasteiger partial charge in [0, 0.05) is 12.4 Å². The summed E-state index contributed by atoms with van der Waals surface area (Å²) in [4.78, 5) is 10.9. The zero-order valence-electron chi connectivity index (χ0n) is 8.73. The Kier molecular flexibility index (Phi) is 4.75. The predicted octanol–water partition coefficient (Wildman–Crippen LogP) is 2.01. The van der Waals surface area contributed by atoms with Crippen LogP contribution in [-0.2, 0) is 9.53 Å². The summed E-state index contributed by atoms with van der Waals surface area (Å²) in [5, 5.41) is 8.66. The molecular formula is C10H18O3S. The number of aliphatic carboxylic acids is 1. The lowest BCUT2D eigenvalue weighted by Crippen LogP contribution is -2.25. The van der Waals surface area contributed by atoms with Crippen molar-refractivity contribution in [1.82, 2.24) is 0 Å². The van der Waals surface area contributed by atoms with Gasteiger partial charge in [-0.05, 0) is 18.8 Å². The lowest BCUT2D eigenvalue weighted by molar-refractivity contribution is -0.137. The molecule has 0 aliphatic carbocycles. The maximum Gasteiger partial charge on any atom is 0.316 e. The molecule has 1 N–H and O–H groups in total. The van der Waals surface area contributed by atoms with Gasteiger partial charge in [-0.15, -0.1) is 11.8 Å². The summed E-state index contributed by atoms with van der Waals surface area (Å²) in [7, 11) is 0. The second-order valence-corrected chi connectivity index (χ2v) is 5.15. The first kappa shape index (κ1) is 11.9. The molecule has 3 nitrogen and oxygen atoms in total. The highest BCUT2D eigenvalue weighted by Gasteiger charge is 2.24. The first-order chi connectivity index (χ1) is 6.61. The van der Waals surface area contributed by atoms with Crippen LogP contribution in [0.5, 0.6) is 0 Å². The lowest BCUT2D eigenvalue weighted by Gasteiger charge is -2.17. The summed E-state index contributed by atoms with van der Waals surface area (Å²) in [6.07, 6.45) is 2.47. The Morgan fingerprint density at radius 1 is 1.64 bits per heavy atom. The summed E-state index contributed by atoms with van der Waals surface area (Å²) in [6.45, 7) is 4.73. The Balaban J connectivity index is 2.28. The molecule has 0 saturated carbocycles. The summed E-state index contributed by atoms with van der Waals surface area (Å²) in [6, 6.07) is 0. The first-order valence-corrected chi connectivity index (χ1v) is 6.12. The molecule has 0 spiro atoms. The number of thioether (sulfide) groups is 1. The number of hydrogen-bond donors (Lipinski definition) is 1. The van der Waals surface area contributed by atoms with Gasteiger partial charge in [-0.1, -0.05) is 13.8 Å². The van der Waals surface area contributed by atoms with Gasteiger partial charge in [0.05, 0.1) is 6.10 Å². The highest BCUT2D eigenvalue weighted by Crippen LogP contribution is 2.24. The van der Waals surface area contributed by atoms with E-state index < -0.39 is 5.97 Å². The van der Waals surface area contributed by atoms with E-state index in [4.69, 9.17) is 9.84 Å². The number of carbonyl (C=O) groups is 1. The standard InChI is InChI=1S/C10H18O3S/c1-7(2)9(10(11)12)14-6-8-4-3-5-13-8/h7-9H,3-6H2,1-2H3,(H,11,12). The molecule has 1 saturated heterocycles. The van der Waals surface area contributed by atoms with E-state index in [1.54, 1.807) is 0 Å². The molecule has 82 valence electrons. The Hall–Kier alpha value is -0.220. The topological polar surface area (TPSA) is 46.5 Å². The Labute approximate surface area is 89.2 Å². The normalized spacial score (nSPS) is 24.1. The maximum absolute atomic E-state index is 10.9. The first-order valence-electron chi connectivity index (χ1n) is 5.07. The average molecular weight is 218 g/mol. The van der Waals surface area contributed by atoms with Crippen molar-refractivity contribution in [3.05, 3.63) is 0 Å². The largest absolute Gasteiger partial charge is 0.480 e. The van der Waals surface area contributed by atoms with Gasteiger partial charge in [0.2, 0.25) is 0 Å². The number of rotatable bonds is 5. The molecule has 2 atom stereocenters. The zero-order valence-corrected chi connectivity index (χ0v) is 9.55. The van der Waals surface area contributed by atoms with Gasteiger partial charge < -0.3 is 9.84 Å². The molecule has 1 aliphatic heterocycles.